The van der Waals surface area contributed by atoms with Gasteiger partial charge in [-0.2, -0.15) is 9.78 Å². The fraction of sp³-hybridized carbons (Fsp3) is 0.190. The Kier molecular flexibility index (Phi) is 4.98. The van der Waals surface area contributed by atoms with Crippen LogP contribution in [0, 0.1) is 13.8 Å². The standard InChI is InChI=1S/C21H21N3O2/c1-14-11-15(2)13-17(12-14)16(3)22-21(26)19-9-10-20(25)24(23-19)18-7-5-4-6-8-18/h4-13,16H,1-3H3,(H,22,26). The van der Waals surface area contributed by atoms with Crippen molar-refractivity contribution in [3.63, 3.8) is 0 Å². The zero-order valence-electron chi connectivity index (χ0n) is 15.1. The van der Waals surface area contributed by atoms with E-state index in [4.69, 9.17) is 0 Å². The number of para-hydroxylation sites is 1. The third-order valence-electron chi connectivity index (χ3n) is 4.13. The fourth-order valence-corrected chi connectivity index (χ4v) is 2.90. The molecule has 26 heavy (non-hydrogen) atoms. The molecule has 1 N–H and O–H groups in total. The van der Waals surface area contributed by atoms with E-state index in [0.29, 0.717) is 5.69 Å². The zero-order chi connectivity index (χ0) is 18.7. The number of nitrogens with zero attached hydrogens (tertiary/aromatic N) is 2. The maximum atomic E-state index is 12.6. The molecule has 0 bridgehead atoms. The number of hydrogen-bond acceptors (Lipinski definition) is 3. The van der Waals surface area contributed by atoms with Gasteiger partial charge in [0.05, 0.1) is 11.7 Å². The molecule has 1 amide bonds. The van der Waals surface area contributed by atoms with Crippen LogP contribution in [0.3, 0.4) is 0 Å². The van der Waals surface area contributed by atoms with Gasteiger partial charge < -0.3 is 5.32 Å². The molecule has 0 aliphatic rings. The Morgan fingerprint density at radius 2 is 1.65 bits per heavy atom. The van der Waals surface area contributed by atoms with Gasteiger partial charge in [0, 0.05) is 6.07 Å². The Bertz CT molecular complexity index is 973. The topological polar surface area (TPSA) is 64.0 Å². The zero-order valence-corrected chi connectivity index (χ0v) is 15.1. The fourth-order valence-electron chi connectivity index (χ4n) is 2.90. The van der Waals surface area contributed by atoms with Gasteiger partial charge in [-0.3, -0.25) is 9.59 Å². The summed E-state index contributed by atoms with van der Waals surface area (Å²) < 4.78 is 1.23. The van der Waals surface area contributed by atoms with Crippen LogP contribution >= 0.6 is 0 Å². The van der Waals surface area contributed by atoms with E-state index in [1.807, 2.05) is 39.0 Å². The number of amides is 1. The monoisotopic (exact) mass is 347 g/mol. The van der Waals surface area contributed by atoms with Gasteiger partial charge in [0.15, 0.2) is 0 Å². The second-order valence-corrected chi connectivity index (χ2v) is 6.42. The van der Waals surface area contributed by atoms with Crippen LogP contribution in [0.1, 0.15) is 40.1 Å². The third kappa shape index (κ3) is 3.88. The van der Waals surface area contributed by atoms with Gasteiger partial charge in [0.2, 0.25) is 0 Å². The summed E-state index contributed by atoms with van der Waals surface area (Å²) in [6.45, 7) is 5.99. The highest BCUT2D eigenvalue weighted by Gasteiger charge is 2.15. The van der Waals surface area contributed by atoms with E-state index < -0.39 is 0 Å². The van der Waals surface area contributed by atoms with Crippen molar-refractivity contribution in [3.05, 3.63) is 93.4 Å². The van der Waals surface area contributed by atoms with Crippen molar-refractivity contribution in [2.24, 2.45) is 0 Å². The van der Waals surface area contributed by atoms with Crippen molar-refractivity contribution in [2.75, 3.05) is 0 Å². The van der Waals surface area contributed by atoms with Gasteiger partial charge in [0.1, 0.15) is 5.69 Å². The maximum absolute atomic E-state index is 12.6. The van der Waals surface area contributed by atoms with Crippen LogP contribution in [0.15, 0.2) is 65.5 Å². The van der Waals surface area contributed by atoms with Gasteiger partial charge >= 0.3 is 0 Å². The number of hydrogen-bond donors (Lipinski definition) is 1. The van der Waals surface area contributed by atoms with Crippen LogP contribution in [-0.4, -0.2) is 15.7 Å². The number of carbonyl (C=O) groups excluding carboxylic acids is 1. The molecule has 1 heterocycles. The number of aryl methyl sites for hydroxylation is 2. The largest absolute Gasteiger partial charge is 0.344 e. The van der Waals surface area contributed by atoms with E-state index >= 15 is 0 Å². The summed E-state index contributed by atoms with van der Waals surface area (Å²) in [5.74, 6) is -0.318. The van der Waals surface area contributed by atoms with Gasteiger partial charge in [-0.05, 0) is 44.5 Å². The molecule has 0 fully saturated rings. The molecule has 1 aromatic heterocycles. The van der Waals surface area contributed by atoms with Crippen LogP contribution in [0.4, 0.5) is 0 Å². The molecule has 3 rings (SSSR count). The van der Waals surface area contributed by atoms with Crippen molar-refractivity contribution in [2.45, 2.75) is 26.8 Å². The van der Waals surface area contributed by atoms with E-state index in [-0.39, 0.29) is 23.2 Å². The molecule has 5 heteroatoms. The second kappa shape index (κ2) is 7.35. The Hall–Kier alpha value is -3.21. The summed E-state index contributed by atoms with van der Waals surface area (Å²) in [7, 11) is 0. The molecule has 2 aromatic carbocycles. The molecule has 132 valence electrons. The predicted molar refractivity (Wildman–Crippen MR) is 102 cm³/mol. The summed E-state index contributed by atoms with van der Waals surface area (Å²) in [4.78, 5) is 24.7. The van der Waals surface area contributed by atoms with E-state index in [9.17, 15) is 9.59 Å². The van der Waals surface area contributed by atoms with E-state index in [1.54, 1.807) is 12.1 Å². The highest BCUT2D eigenvalue weighted by molar-refractivity contribution is 5.92. The minimum Gasteiger partial charge on any atom is -0.344 e. The normalized spacial score (nSPS) is 11.8. The Morgan fingerprint density at radius 1 is 1.00 bits per heavy atom. The highest BCUT2D eigenvalue weighted by atomic mass is 16.2. The first-order chi connectivity index (χ1) is 12.4. The lowest BCUT2D eigenvalue weighted by Crippen LogP contribution is -2.30. The average Bonchev–Trinajstić information content (AvgIpc) is 2.62. The molecule has 1 atom stereocenters. The van der Waals surface area contributed by atoms with Crippen molar-refractivity contribution in [3.8, 4) is 5.69 Å². The lowest BCUT2D eigenvalue weighted by Gasteiger charge is -2.16. The molecular weight excluding hydrogens is 326 g/mol. The lowest BCUT2D eigenvalue weighted by molar-refractivity contribution is 0.0933. The van der Waals surface area contributed by atoms with E-state index in [1.165, 1.54) is 16.8 Å². The Labute approximate surface area is 152 Å². The second-order valence-electron chi connectivity index (χ2n) is 6.42. The van der Waals surface area contributed by atoms with Crippen molar-refractivity contribution in [1.82, 2.24) is 15.1 Å². The minimum atomic E-state index is -0.318. The summed E-state index contributed by atoms with van der Waals surface area (Å²) >= 11 is 0. The van der Waals surface area contributed by atoms with Crippen LogP contribution in [-0.2, 0) is 0 Å². The number of aromatic nitrogens is 2. The first kappa shape index (κ1) is 17.6. The number of rotatable bonds is 4. The molecule has 5 nitrogen and oxygen atoms in total. The van der Waals surface area contributed by atoms with Crippen LogP contribution in [0.25, 0.3) is 5.69 Å². The summed E-state index contributed by atoms with van der Waals surface area (Å²) in [6, 6.07) is 17.9. The van der Waals surface area contributed by atoms with Gasteiger partial charge in [0.25, 0.3) is 11.5 Å². The SMILES string of the molecule is Cc1cc(C)cc(C(C)NC(=O)c2ccc(=O)n(-c3ccccc3)n2)c1. The number of benzene rings is 2. The first-order valence-electron chi connectivity index (χ1n) is 8.49. The summed E-state index contributed by atoms with van der Waals surface area (Å²) in [5.41, 5.74) is 3.87. The molecule has 0 aliphatic heterocycles. The Morgan fingerprint density at radius 3 is 2.31 bits per heavy atom. The van der Waals surface area contributed by atoms with Crippen LogP contribution < -0.4 is 10.9 Å². The maximum Gasteiger partial charge on any atom is 0.272 e. The molecule has 0 aliphatic carbocycles. The summed E-state index contributed by atoms with van der Waals surface area (Å²) in [5, 5.41) is 7.16. The first-order valence-corrected chi connectivity index (χ1v) is 8.49. The number of carbonyl (C=O) groups is 1. The van der Waals surface area contributed by atoms with Gasteiger partial charge in [-0.25, -0.2) is 0 Å². The smallest absolute Gasteiger partial charge is 0.272 e. The lowest BCUT2D eigenvalue weighted by atomic mass is 10.0. The van der Waals surface area contributed by atoms with Crippen LogP contribution in [0.5, 0.6) is 0 Å². The molecule has 0 saturated heterocycles. The van der Waals surface area contributed by atoms with Gasteiger partial charge in [-0.1, -0.05) is 47.5 Å². The van der Waals surface area contributed by atoms with E-state index in [2.05, 4.69) is 28.6 Å². The molecule has 0 spiro atoms. The predicted octanol–water partition coefficient (Wildman–Crippen LogP) is 3.34. The summed E-state index contributed by atoms with van der Waals surface area (Å²) in [6.07, 6.45) is 0. The third-order valence-corrected chi connectivity index (χ3v) is 4.13. The molecule has 0 saturated carbocycles. The molecule has 0 radical (unpaired) electrons. The van der Waals surface area contributed by atoms with E-state index in [0.717, 1.165) is 16.7 Å². The average molecular weight is 347 g/mol. The van der Waals surface area contributed by atoms with Crippen LogP contribution in [0.2, 0.25) is 0 Å². The molecular formula is C21H21N3O2. The minimum absolute atomic E-state index is 0.167. The molecule has 1 unspecified atom stereocenters. The van der Waals surface area contributed by atoms with Crippen molar-refractivity contribution >= 4 is 5.91 Å². The Balaban J connectivity index is 1.85. The van der Waals surface area contributed by atoms with Crippen molar-refractivity contribution < 1.29 is 4.79 Å². The van der Waals surface area contributed by atoms with Gasteiger partial charge in [-0.15, -0.1) is 0 Å². The highest BCUT2D eigenvalue weighted by Crippen LogP contribution is 2.17. The van der Waals surface area contributed by atoms with Crippen molar-refractivity contribution in [1.29, 1.82) is 0 Å². The quantitative estimate of drug-likeness (QED) is 0.787. The molecule has 3 aromatic rings. The number of nitrogens with one attached hydrogen (secondary N) is 1.